The van der Waals surface area contributed by atoms with Crippen molar-refractivity contribution in [1.82, 2.24) is 9.55 Å². The van der Waals surface area contributed by atoms with Crippen molar-refractivity contribution >= 4 is 27.7 Å². The molecule has 2 N–H and O–H groups in total. The average molecular weight is 310 g/mol. The Hall–Kier alpha value is -1.82. The molecular formula is C12H12BrN3O2. The van der Waals surface area contributed by atoms with Crippen molar-refractivity contribution in [2.45, 2.75) is 6.92 Å². The summed E-state index contributed by atoms with van der Waals surface area (Å²) in [5.41, 5.74) is 6.74. The van der Waals surface area contributed by atoms with Crippen LogP contribution in [0.2, 0.25) is 0 Å². The molecule has 94 valence electrons. The number of nitrogen functional groups attached to an aromatic ring is 1. The van der Waals surface area contributed by atoms with E-state index in [2.05, 4.69) is 20.9 Å². The van der Waals surface area contributed by atoms with E-state index in [1.807, 2.05) is 24.3 Å². The number of nitrogens with two attached hydrogens (primary N) is 1. The highest BCUT2D eigenvalue weighted by molar-refractivity contribution is 9.10. The normalized spacial score (nSPS) is 10.3. The lowest BCUT2D eigenvalue weighted by Gasteiger charge is -2.08. The smallest absolute Gasteiger partial charge is 0.359 e. The molecule has 0 unspecified atom stereocenters. The molecule has 5 nitrogen and oxygen atoms in total. The summed E-state index contributed by atoms with van der Waals surface area (Å²) in [4.78, 5) is 15.8. The Morgan fingerprint density at radius 1 is 1.56 bits per heavy atom. The minimum atomic E-state index is -0.479. The fraction of sp³-hybridized carbons (Fsp3) is 0.167. The first kappa shape index (κ1) is 12.6. The SMILES string of the molecule is CCOC(=O)c1c(N)ncn1-c1cccc(Br)c1. The summed E-state index contributed by atoms with van der Waals surface area (Å²) in [7, 11) is 0. The fourth-order valence-electron chi connectivity index (χ4n) is 1.59. The number of nitrogens with zero attached hydrogens (tertiary/aromatic N) is 2. The van der Waals surface area contributed by atoms with E-state index in [1.54, 1.807) is 11.5 Å². The third-order valence-electron chi connectivity index (χ3n) is 2.35. The summed E-state index contributed by atoms with van der Waals surface area (Å²) in [6.07, 6.45) is 1.50. The van der Waals surface area contributed by atoms with Gasteiger partial charge in [-0.1, -0.05) is 22.0 Å². The van der Waals surface area contributed by atoms with Gasteiger partial charge >= 0.3 is 5.97 Å². The van der Waals surface area contributed by atoms with Gasteiger partial charge in [0.2, 0.25) is 0 Å². The Kier molecular flexibility index (Phi) is 3.66. The van der Waals surface area contributed by atoms with Crippen molar-refractivity contribution in [3.05, 3.63) is 40.8 Å². The lowest BCUT2D eigenvalue weighted by Crippen LogP contribution is -2.12. The third-order valence-corrected chi connectivity index (χ3v) is 2.84. The van der Waals surface area contributed by atoms with E-state index in [4.69, 9.17) is 10.5 Å². The maximum absolute atomic E-state index is 11.8. The van der Waals surface area contributed by atoms with E-state index < -0.39 is 5.97 Å². The van der Waals surface area contributed by atoms with Gasteiger partial charge in [-0.3, -0.25) is 4.57 Å². The standard InChI is InChI=1S/C12H12BrN3O2/c1-2-18-12(17)10-11(14)15-7-16(10)9-5-3-4-8(13)6-9/h3-7H,2,14H2,1H3. The molecule has 0 aliphatic carbocycles. The molecule has 1 aromatic carbocycles. The number of hydrogen-bond donors (Lipinski definition) is 1. The van der Waals surface area contributed by atoms with Crippen molar-refractivity contribution in [2.24, 2.45) is 0 Å². The Morgan fingerprint density at radius 3 is 3.00 bits per heavy atom. The van der Waals surface area contributed by atoms with Gasteiger partial charge in [-0.15, -0.1) is 0 Å². The molecule has 6 heteroatoms. The van der Waals surface area contributed by atoms with Gasteiger partial charge in [-0.05, 0) is 25.1 Å². The number of aromatic nitrogens is 2. The second-order valence-electron chi connectivity index (χ2n) is 3.55. The van der Waals surface area contributed by atoms with Crippen molar-refractivity contribution in [2.75, 3.05) is 12.3 Å². The second-order valence-corrected chi connectivity index (χ2v) is 4.46. The first-order chi connectivity index (χ1) is 8.63. The molecule has 0 amide bonds. The van der Waals surface area contributed by atoms with Crippen LogP contribution in [0, 0.1) is 0 Å². The average Bonchev–Trinajstić information content (AvgIpc) is 2.71. The lowest BCUT2D eigenvalue weighted by molar-refractivity contribution is 0.0518. The van der Waals surface area contributed by atoms with Gasteiger partial charge in [0.15, 0.2) is 11.5 Å². The number of rotatable bonds is 3. The number of ether oxygens (including phenoxy) is 1. The van der Waals surface area contributed by atoms with Crippen LogP contribution in [-0.2, 0) is 4.74 Å². The monoisotopic (exact) mass is 309 g/mol. The molecule has 0 radical (unpaired) electrons. The fourth-order valence-corrected chi connectivity index (χ4v) is 1.97. The van der Waals surface area contributed by atoms with E-state index in [-0.39, 0.29) is 11.5 Å². The number of esters is 1. The Labute approximate surface area is 113 Å². The quantitative estimate of drug-likeness (QED) is 0.884. The number of halogens is 1. The summed E-state index contributed by atoms with van der Waals surface area (Å²) in [5, 5.41) is 0. The van der Waals surface area contributed by atoms with Crippen molar-refractivity contribution in [3.8, 4) is 5.69 Å². The molecule has 0 saturated carbocycles. The van der Waals surface area contributed by atoms with E-state index in [0.29, 0.717) is 6.61 Å². The highest BCUT2D eigenvalue weighted by atomic mass is 79.9. The van der Waals surface area contributed by atoms with Crippen LogP contribution < -0.4 is 5.73 Å². The molecule has 1 aromatic heterocycles. The van der Waals surface area contributed by atoms with Crippen LogP contribution in [0.1, 0.15) is 17.4 Å². The number of hydrogen-bond acceptors (Lipinski definition) is 4. The summed E-state index contributed by atoms with van der Waals surface area (Å²) in [5.74, 6) is -0.319. The molecule has 2 rings (SSSR count). The minimum absolute atomic E-state index is 0.161. The summed E-state index contributed by atoms with van der Waals surface area (Å²) < 4.78 is 7.48. The number of anilines is 1. The van der Waals surface area contributed by atoms with Gasteiger partial charge in [-0.2, -0.15) is 0 Å². The highest BCUT2D eigenvalue weighted by Crippen LogP contribution is 2.20. The van der Waals surface area contributed by atoms with Crippen molar-refractivity contribution in [1.29, 1.82) is 0 Å². The Bertz CT molecular complexity index is 580. The number of imidazole rings is 1. The Morgan fingerprint density at radius 2 is 2.33 bits per heavy atom. The van der Waals surface area contributed by atoms with Gasteiger partial charge in [0.1, 0.15) is 6.33 Å². The minimum Gasteiger partial charge on any atom is -0.461 e. The van der Waals surface area contributed by atoms with E-state index in [9.17, 15) is 4.79 Å². The summed E-state index contributed by atoms with van der Waals surface area (Å²) >= 11 is 3.38. The molecule has 0 spiro atoms. The van der Waals surface area contributed by atoms with E-state index in [0.717, 1.165) is 10.2 Å². The predicted molar refractivity (Wildman–Crippen MR) is 71.6 cm³/mol. The van der Waals surface area contributed by atoms with Crippen LogP contribution in [0.4, 0.5) is 5.82 Å². The van der Waals surface area contributed by atoms with Crippen LogP contribution in [0.15, 0.2) is 35.1 Å². The van der Waals surface area contributed by atoms with E-state index in [1.165, 1.54) is 6.33 Å². The first-order valence-electron chi connectivity index (χ1n) is 5.39. The zero-order valence-corrected chi connectivity index (χ0v) is 11.3. The van der Waals surface area contributed by atoms with Gasteiger partial charge in [0.05, 0.1) is 6.61 Å². The highest BCUT2D eigenvalue weighted by Gasteiger charge is 2.19. The number of benzene rings is 1. The molecule has 1 heterocycles. The predicted octanol–water partition coefficient (Wildman–Crippen LogP) is 2.39. The molecule has 0 aliphatic rings. The first-order valence-corrected chi connectivity index (χ1v) is 6.18. The molecule has 0 atom stereocenters. The second kappa shape index (κ2) is 5.22. The Balaban J connectivity index is 2.49. The van der Waals surface area contributed by atoms with Crippen LogP contribution in [0.25, 0.3) is 5.69 Å². The summed E-state index contributed by atoms with van der Waals surface area (Å²) in [6.45, 7) is 2.04. The van der Waals surface area contributed by atoms with Crippen LogP contribution in [0.3, 0.4) is 0 Å². The lowest BCUT2D eigenvalue weighted by atomic mass is 10.3. The molecule has 0 aliphatic heterocycles. The van der Waals surface area contributed by atoms with Gasteiger partial charge in [0, 0.05) is 10.2 Å². The summed E-state index contributed by atoms with van der Waals surface area (Å²) in [6, 6.07) is 7.48. The van der Waals surface area contributed by atoms with Crippen LogP contribution >= 0.6 is 15.9 Å². The van der Waals surface area contributed by atoms with E-state index >= 15 is 0 Å². The topological polar surface area (TPSA) is 70.1 Å². The van der Waals surface area contributed by atoms with Gasteiger partial charge in [0.25, 0.3) is 0 Å². The molecule has 0 bridgehead atoms. The van der Waals surface area contributed by atoms with Crippen molar-refractivity contribution in [3.63, 3.8) is 0 Å². The largest absolute Gasteiger partial charge is 0.461 e. The molecular weight excluding hydrogens is 298 g/mol. The van der Waals surface area contributed by atoms with Gasteiger partial charge in [-0.25, -0.2) is 9.78 Å². The van der Waals surface area contributed by atoms with Crippen LogP contribution in [0.5, 0.6) is 0 Å². The zero-order chi connectivity index (χ0) is 13.1. The molecule has 18 heavy (non-hydrogen) atoms. The van der Waals surface area contributed by atoms with Gasteiger partial charge < -0.3 is 10.5 Å². The maximum atomic E-state index is 11.8. The molecule has 0 fully saturated rings. The zero-order valence-electron chi connectivity index (χ0n) is 9.76. The third kappa shape index (κ3) is 2.38. The number of carbonyl (C=O) groups is 1. The van der Waals surface area contributed by atoms with Crippen LogP contribution in [-0.4, -0.2) is 22.1 Å². The molecule has 2 aromatic rings. The maximum Gasteiger partial charge on any atom is 0.359 e. The van der Waals surface area contributed by atoms with Crippen molar-refractivity contribution < 1.29 is 9.53 Å². The molecule has 0 saturated heterocycles. The number of carbonyl (C=O) groups excluding carboxylic acids is 1.